The standard InChI is InChI=1S/C31H30F3N5OS/c1-5-27(40)36-25-13-12-23(15-18(25)2)39-29(28(37-30(39)41)26-11-6-7-14-35-26)24-16-19(3)38(20(24)4)22-10-8-9-21(17-22)31(32,33)34/h6-17,28-29H,5H2,1-4H3,(H,36,40)(H,37,41)/t28-,29-/m1/s1. The summed E-state index contributed by atoms with van der Waals surface area (Å²) in [6, 6.07) is 18.1. The van der Waals surface area contributed by atoms with Gasteiger partial charge in [0.2, 0.25) is 5.91 Å². The molecule has 1 aliphatic rings. The summed E-state index contributed by atoms with van der Waals surface area (Å²) in [6.07, 6.45) is -2.35. The second-order valence-corrected chi connectivity index (χ2v) is 10.5. The normalized spacial score (nSPS) is 17.0. The average molecular weight is 578 g/mol. The molecule has 1 aliphatic heterocycles. The van der Waals surface area contributed by atoms with Gasteiger partial charge < -0.3 is 20.1 Å². The number of anilines is 2. The van der Waals surface area contributed by atoms with Crippen molar-refractivity contribution in [3.05, 3.63) is 107 Å². The number of halogens is 3. The molecular formula is C31H30F3N5OS. The lowest BCUT2D eigenvalue weighted by Gasteiger charge is -2.29. The van der Waals surface area contributed by atoms with Gasteiger partial charge in [0, 0.05) is 41.1 Å². The van der Waals surface area contributed by atoms with Crippen molar-refractivity contribution < 1.29 is 18.0 Å². The van der Waals surface area contributed by atoms with E-state index in [-0.39, 0.29) is 18.0 Å². The smallest absolute Gasteiger partial charge is 0.351 e. The number of nitrogens with zero attached hydrogens (tertiary/aromatic N) is 3. The number of aromatic nitrogens is 2. The highest BCUT2D eigenvalue weighted by atomic mass is 32.1. The number of amides is 1. The van der Waals surface area contributed by atoms with Gasteiger partial charge in [-0.25, -0.2) is 0 Å². The van der Waals surface area contributed by atoms with E-state index in [2.05, 4.69) is 15.6 Å². The van der Waals surface area contributed by atoms with Crippen LogP contribution in [0.2, 0.25) is 0 Å². The Kier molecular flexibility index (Phi) is 7.61. The summed E-state index contributed by atoms with van der Waals surface area (Å²) in [5.41, 5.74) is 5.44. The van der Waals surface area contributed by atoms with Crippen LogP contribution in [0.1, 0.15) is 59.2 Å². The third kappa shape index (κ3) is 5.44. The number of hydrogen-bond donors (Lipinski definition) is 2. The van der Waals surface area contributed by atoms with Crippen molar-refractivity contribution in [1.82, 2.24) is 14.9 Å². The van der Waals surface area contributed by atoms with E-state index in [1.54, 1.807) is 19.2 Å². The van der Waals surface area contributed by atoms with Crippen molar-refractivity contribution >= 4 is 34.6 Å². The largest absolute Gasteiger partial charge is 0.416 e. The molecule has 0 aliphatic carbocycles. The van der Waals surface area contributed by atoms with Crippen LogP contribution in [-0.4, -0.2) is 20.6 Å². The summed E-state index contributed by atoms with van der Waals surface area (Å²) in [5, 5.41) is 6.85. The molecule has 212 valence electrons. The van der Waals surface area contributed by atoms with Crippen LogP contribution in [-0.2, 0) is 11.0 Å². The van der Waals surface area contributed by atoms with Crippen LogP contribution in [0.3, 0.4) is 0 Å². The maximum Gasteiger partial charge on any atom is 0.416 e. The van der Waals surface area contributed by atoms with Gasteiger partial charge >= 0.3 is 6.18 Å². The first-order valence-electron chi connectivity index (χ1n) is 13.3. The minimum atomic E-state index is -4.45. The number of thiocarbonyl (C=S) groups is 1. The molecule has 1 amide bonds. The molecule has 4 aromatic rings. The van der Waals surface area contributed by atoms with E-state index >= 15 is 0 Å². The second kappa shape index (κ2) is 11.0. The molecule has 0 saturated carbocycles. The highest BCUT2D eigenvalue weighted by Gasteiger charge is 2.42. The molecule has 0 bridgehead atoms. The van der Waals surface area contributed by atoms with Crippen LogP contribution in [0, 0.1) is 20.8 Å². The molecular weight excluding hydrogens is 547 g/mol. The maximum atomic E-state index is 13.5. The van der Waals surface area contributed by atoms with E-state index < -0.39 is 11.7 Å². The first-order chi connectivity index (χ1) is 19.5. The number of hydrogen-bond acceptors (Lipinski definition) is 3. The number of aryl methyl sites for hydroxylation is 2. The number of benzene rings is 2. The summed E-state index contributed by atoms with van der Waals surface area (Å²) in [4.78, 5) is 18.6. The van der Waals surface area contributed by atoms with Crippen LogP contribution >= 0.6 is 12.2 Å². The fourth-order valence-electron chi connectivity index (χ4n) is 5.43. The number of rotatable bonds is 6. The van der Waals surface area contributed by atoms with Crippen molar-refractivity contribution in [3.8, 4) is 5.69 Å². The SMILES string of the molecule is CCC(=O)Nc1ccc(N2C(=S)N[C@H](c3ccccn3)[C@H]2c2cc(C)n(-c3cccc(C(F)(F)F)c3)c2C)cc1C. The third-order valence-corrected chi connectivity index (χ3v) is 7.72. The number of alkyl halides is 3. The minimum absolute atomic E-state index is 0.0747. The van der Waals surface area contributed by atoms with Crippen LogP contribution in [0.15, 0.2) is 72.9 Å². The molecule has 0 spiro atoms. The Morgan fingerprint density at radius 3 is 2.46 bits per heavy atom. The summed E-state index contributed by atoms with van der Waals surface area (Å²) < 4.78 is 42.5. The fraction of sp³-hybridized carbons (Fsp3) is 0.258. The van der Waals surface area contributed by atoms with Crippen LogP contribution in [0.5, 0.6) is 0 Å². The van der Waals surface area contributed by atoms with Gasteiger partial charge in [-0.15, -0.1) is 0 Å². The van der Waals surface area contributed by atoms with Crippen LogP contribution in [0.4, 0.5) is 24.5 Å². The molecule has 0 radical (unpaired) electrons. The predicted molar refractivity (Wildman–Crippen MR) is 158 cm³/mol. The molecule has 3 heterocycles. The first-order valence-corrected chi connectivity index (χ1v) is 13.7. The molecule has 41 heavy (non-hydrogen) atoms. The Balaban J connectivity index is 1.64. The first kappa shape index (κ1) is 28.4. The van der Waals surface area contributed by atoms with Crippen LogP contribution in [0.25, 0.3) is 5.69 Å². The molecule has 2 aromatic heterocycles. The van der Waals surface area contributed by atoms with Crippen molar-refractivity contribution in [2.45, 2.75) is 52.4 Å². The highest BCUT2D eigenvalue weighted by Crippen LogP contribution is 2.44. The van der Waals surface area contributed by atoms with E-state index in [1.807, 2.05) is 72.7 Å². The zero-order valence-corrected chi connectivity index (χ0v) is 23.9. The predicted octanol–water partition coefficient (Wildman–Crippen LogP) is 7.34. The fourth-order valence-corrected chi connectivity index (χ4v) is 5.78. The molecule has 2 aromatic carbocycles. The number of carbonyl (C=O) groups is 1. The molecule has 0 unspecified atom stereocenters. The second-order valence-electron chi connectivity index (χ2n) is 10.1. The Morgan fingerprint density at radius 1 is 1.02 bits per heavy atom. The molecule has 5 rings (SSSR count). The molecule has 2 N–H and O–H groups in total. The van der Waals surface area contributed by atoms with E-state index in [1.165, 1.54) is 12.1 Å². The quantitative estimate of drug-likeness (QED) is 0.235. The Bertz CT molecular complexity index is 1620. The van der Waals surface area contributed by atoms with Crippen molar-refractivity contribution in [1.29, 1.82) is 0 Å². The molecule has 1 fully saturated rings. The van der Waals surface area contributed by atoms with E-state index in [9.17, 15) is 18.0 Å². The van der Waals surface area contributed by atoms with Crippen LogP contribution < -0.4 is 15.5 Å². The molecule has 1 saturated heterocycles. The average Bonchev–Trinajstić information content (AvgIpc) is 3.44. The van der Waals surface area contributed by atoms with Crippen molar-refractivity contribution in [2.75, 3.05) is 10.2 Å². The topological polar surface area (TPSA) is 62.2 Å². The van der Waals surface area contributed by atoms with Crippen molar-refractivity contribution in [3.63, 3.8) is 0 Å². The number of carbonyl (C=O) groups excluding carboxylic acids is 1. The summed E-state index contributed by atoms with van der Waals surface area (Å²) in [6.45, 7) is 7.51. The molecule has 10 heteroatoms. The molecule has 2 atom stereocenters. The maximum absolute atomic E-state index is 13.5. The zero-order valence-electron chi connectivity index (χ0n) is 23.1. The monoisotopic (exact) mass is 577 g/mol. The van der Waals surface area contributed by atoms with Crippen molar-refractivity contribution in [2.24, 2.45) is 0 Å². The van der Waals surface area contributed by atoms with Gasteiger partial charge in [0.15, 0.2) is 5.11 Å². The summed E-state index contributed by atoms with van der Waals surface area (Å²) >= 11 is 5.86. The Hall–Kier alpha value is -4.18. The number of nitrogens with one attached hydrogen (secondary N) is 2. The van der Waals surface area contributed by atoms with Gasteiger partial charge in [0.25, 0.3) is 0 Å². The van der Waals surface area contributed by atoms with Gasteiger partial charge in [-0.3, -0.25) is 9.78 Å². The van der Waals surface area contributed by atoms with Gasteiger partial charge in [-0.2, -0.15) is 13.2 Å². The van der Waals surface area contributed by atoms with Gasteiger partial charge in [0.05, 0.1) is 23.3 Å². The number of pyridine rings is 1. The Morgan fingerprint density at radius 2 is 1.80 bits per heavy atom. The summed E-state index contributed by atoms with van der Waals surface area (Å²) in [7, 11) is 0. The Labute approximate surface area is 242 Å². The van der Waals surface area contributed by atoms with Gasteiger partial charge in [0.1, 0.15) is 0 Å². The third-order valence-electron chi connectivity index (χ3n) is 7.40. The zero-order chi connectivity index (χ0) is 29.5. The highest BCUT2D eigenvalue weighted by molar-refractivity contribution is 7.80. The lowest BCUT2D eigenvalue weighted by Crippen LogP contribution is -2.29. The molecule has 6 nitrogen and oxygen atoms in total. The van der Waals surface area contributed by atoms with E-state index in [0.717, 1.165) is 45.6 Å². The van der Waals surface area contributed by atoms with E-state index in [4.69, 9.17) is 12.2 Å². The lowest BCUT2D eigenvalue weighted by atomic mass is 9.96. The minimum Gasteiger partial charge on any atom is -0.351 e. The summed E-state index contributed by atoms with van der Waals surface area (Å²) in [5.74, 6) is -0.0747. The van der Waals surface area contributed by atoms with Gasteiger partial charge in [-0.1, -0.05) is 19.1 Å². The lowest BCUT2D eigenvalue weighted by molar-refractivity contribution is -0.137. The van der Waals surface area contributed by atoms with Gasteiger partial charge in [-0.05, 0) is 98.7 Å². The van der Waals surface area contributed by atoms with E-state index in [0.29, 0.717) is 17.2 Å².